The van der Waals surface area contributed by atoms with Crippen molar-refractivity contribution in [3.63, 3.8) is 0 Å². The van der Waals surface area contributed by atoms with Crippen LogP contribution < -0.4 is 10.1 Å². The molecule has 5 heteroatoms. The number of nitrogens with one attached hydrogen (secondary N) is 1. The fourth-order valence-electron chi connectivity index (χ4n) is 2.20. The molecule has 1 unspecified atom stereocenters. The fraction of sp³-hybridized carbons (Fsp3) is 0.333. The maximum Gasteiger partial charge on any atom is 0.258 e. The Bertz CT molecular complexity index is 665. The van der Waals surface area contributed by atoms with Crippen molar-refractivity contribution in [1.82, 2.24) is 5.32 Å². The Labute approximate surface area is 140 Å². The van der Waals surface area contributed by atoms with Crippen molar-refractivity contribution in [1.29, 1.82) is 0 Å². The largest absolute Gasteiger partial charge is 0.484 e. The molecular weight excluding hydrogens is 310 g/mol. The van der Waals surface area contributed by atoms with Crippen LogP contribution in [0.25, 0.3) is 0 Å². The van der Waals surface area contributed by atoms with E-state index in [0.717, 1.165) is 4.88 Å². The van der Waals surface area contributed by atoms with Gasteiger partial charge in [0.25, 0.3) is 5.91 Å². The van der Waals surface area contributed by atoms with Crippen LogP contribution in [0.15, 0.2) is 41.8 Å². The van der Waals surface area contributed by atoms with Crippen molar-refractivity contribution < 1.29 is 14.3 Å². The normalized spacial score (nSPS) is 12.0. The van der Waals surface area contributed by atoms with Gasteiger partial charge in [-0.1, -0.05) is 32.0 Å². The van der Waals surface area contributed by atoms with Gasteiger partial charge >= 0.3 is 0 Å². The molecule has 0 aliphatic rings. The zero-order valence-electron chi connectivity index (χ0n) is 13.5. The molecule has 23 heavy (non-hydrogen) atoms. The number of amides is 1. The summed E-state index contributed by atoms with van der Waals surface area (Å²) in [6.07, 6.45) is 0. The third kappa shape index (κ3) is 4.93. The summed E-state index contributed by atoms with van der Waals surface area (Å²) in [4.78, 5) is 24.6. The first-order valence-electron chi connectivity index (χ1n) is 7.54. The molecule has 1 amide bonds. The molecule has 0 fully saturated rings. The van der Waals surface area contributed by atoms with Crippen molar-refractivity contribution in [2.45, 2.75) is 26.8 Å². The van der Waals surface area contributed by atoms with E-state index in [1.807, 2.05) is 17.5 Å². The summed E-state index contributed by atoms with van der Waals surface area (Å²) in [6.45, 7) is 5.57. The first-order valence-corrected chi connectivity index (χ1v) is 8.42. The number of ketones is 1. The monoisotopic (exact) mass is 331 g/mol. The highest BCUT2D eigenvalue weighted by Crippen LogP contribution is 2.25. The Balaban J connectivity index is 1.94. The summed E-state index contributed by atoms with van der Waals surface area (Å²) in [5.74, 6) is 0.603. The fourth-order valence-corrected chi connectivity index (χ4v) is 3.15. The molecule has 0 spiro atoms. The average molecular weight is 331 g/mol. The standard InChI is InChI=1S/C18H21NO3S/c1-12(2)18(16-8-5-9-23-16)19-17(21)11-22-15-7-4-6-14(10-15)13(3)20/h4-10,12,18H,11H2,1-3H3,(H,19,21). The molecule has 2 rings (SSSR count). The Hall–Kier alpha value is -2.14. The topological polar surface area (TPSA) is 55.4 Å². The summed E-state index contributed by atoms with van der Waals surface area (Å²) < 4.78 is 5.50. The number of benzene rings is 1. The van der Waals surface area contributed by atoms with Crippen LogP contribution in [0.3, 0.4) is 0 Å². The quantitative estimate of drug-likeness (QED) is 0.784. The molecule has 4 nitrogen and oxygen atoms in total. The van der Waals surface area contributed by atoms with E-state index in [4.69, 9.17) is 4.74 Å². The second kappa shape index (κ2) is 7.92. The molecular formula is C18H21NO3S. The van der Waals surface area contributed by atoms with E-state index < -0.39 is 0 Å². The summed E-state index contributed by atoms with van der Waals surface area (Å²) in [5.41, 5.74) is 0.571. The first kappa shape index (κ1) is 17.2. The summed E-state index contributed by atoms with van der Waals surface area (Å²) in [5, 5.41) is 5.01. The van der Waals surface area contributed by atoms with Gasteiger partial charge in [0.1, 0.15) is 5.75 Å². The predicted octanol–water partition coefficient (Wildman–Crippen LogP) is 3.84. The molecule has 0 saturated carbocycles. The molecule has 122 valence electrons. The van der Waals surface area contributed by atoms with Gasteiger partial charge in [-0.05, 0) is 36.4 Å². The van der Waals surface area contributed by atoms with Gasteiger partial charge in [-0.25, -0.2) is 0 Å². The molecule has 0 aliphatic heterocycles. The SMILES string of the molecule is CC(=O)c1cccc(OCC(=O)NC(c2cccs2)C(C)C)c1. The number of carbonyl (C=O) groups is 2. The average Bonchev–Trinajstić information content (AvgIpc) is 3.04. The lowest BCUT2D eigenvalue weighted by Gasteiger charge is -2.21. The van der Waals surface area contributed by atoms with Crippen molar-refractivity contribution >= 4 is 23.0 Å². The first-order chi connectivity index (χ1) is 11.0. The van der Waals surface area contributed by atoms with Gasteiger partial charge in [0.05, 0.1) is 6.04 Å². The second-order valence-corrected chi connectivity index (χ2v) is 6.66. The van der Waals surface area contributed by atoms with Crippen molar-refractivity contribution in [3.05, 3.63) is 52.2 Å². The van der Waals surface area contributed by atoms with E-state index in [2.05, 4.69) is 19.2 Å². The van der Waals surface area contributed by atoms with Gasteiger partial charge in [-0.3, -0.25) is 9.59 Å². The summed E-state index contributed by atoms with van der Waals surface area (Å²) >= 11 is 1.63. The number of hydrogen-bond acceptors (Lipinski definition) is 4. The Kier molecular flexibility index (Phi) is 5.93. The Morgan fingerprint density at radius 2 is 2.00 bits per heavy atom. The smallest absolute Gasteiger partial charge is 0.258 e. The molecule has 1 N–H and O–H groups in total. The van der Waals surface area contributed by atoms with Crippen molar-refractivity contribution in [2.75, 3.05) is 6.61 Å². The molecule has 0 radical (unpaired) electrons. The lowest BCUT2D eigenvalue weighted by atomic mass is 10.0. The highest BCUT2D eigenvalue weighted by Gasteiger charge is 2.19. The molecule has 0 saturated heterocycles. The third-order valence-electron chi connectivity index (χ3n) is 3.44. The molecule has 0 aliphatic carbocycles. The van der Waals surface area contributed by atoms with E-state index in [9.17, 15) is 9.59 Å². The van der Waals surface area contributed by atoms with Crippen LogP contribution in [0.1, 0.15) is 42.0 Å². The number of ether oxygens (including phenoxy) is 1. The third-order valence-corrected chi connectivity index (χ3v) is 4.40. The number of rotatable bonds is 7. The van der Waals surface area contributed by atoms with Gasteiger partial charge in [0, 0.05) is 10.4 Å². The van der Waals surface area contributed by atoms with Crippen molar-refractivity contribution in [3.8, 4) is 5.75 Å². The molecule has 1 aromatic heterocycles. The van der Waals surface area contributed by atoms with E-state index >= 15 is 0 Å². The predicted molar refractivity (Wildman–Crippen MR) is 92.0 cm³/mol. The van der Waals surface area contributed by atoms with Gasteiger partial charge in [0.15, 0.2) is 12.4 Å². The zero-order valence-corrected chi connectivity index (χ0v) is 14.4. The second-order valence-electron chi connectivity index (χ2n) is 5.68. The minimum Gasteiger partial charge on any atom is -0.484 e. The lowest BCUT2D eigenvalue weighted by Crippen LogP contribution is -2.34. The highest BCUT2D eigenvalue weighted by molar-refractivity contribution is 7.10. The van der Waals surface area contributed by atoms with Gasteiger partial charge in [-0.2, -0.15) is 0 Å². The molecule has 0 bridgehead atoms. The van der Waals surface area contributed by atoms with Crippen LogP contribution in [-0.4, -0.2) is 18.3 Å². The number of Topliss-reactive ketones (excluding diaryl/α,β-unsaturated/α-hetero) is 1. The number of carbonyl (C=O) groups excluding carboxylic acids is 2. The minimum atomic E-state index is -0.176. The summed E-state index contributed by atoms with van der Waals surface area (Å²) in [7, 11) is 0. The van der Waals surface area contributed by atoms with Crippen LogP contribution in [0.4, 0.5) is 0 Å². The van der Waals surface area contributed by atoms with Crippen LogP contribution in [0.2, 0.25) is 0 Å². The van der Waals surface area contributed by atoms with Gasteiger partial charge in [-0.15, -0.1) is 11.3 Å². The van der Waals surface area contributed by atoms with E-state index in [1.54, 1.807) is 35.6 Å². The number of thiophene rings is 1. The maximum atomic E-state index is 12.1. The zero-order chi connectivity index (χ0) is 16.8. The lowest BCUT2D eigenvalue weighted by molar-refractivity contribution is -0.124. The Morgan fingerprint density at radius 3 is 2.61 bits per heavy atom. The van der Waals surface area contributed by atoms with Crippen LogP contribution >= 0.6 is 11.3 Å². The van der Waals surface area contributed by atoms with E-state index in [1.165, 1.54) is 6.92 Å². The molecule has 1 atom stereocenters. The highest BCUT2D eigenvalue weighted by atomic mass is 32.1. The van der Waals surface area contributed by atoms with Gasteiger partial charge < -0.3 is 10.1 Å². The van der Waals surface area contributed by atoms with Gasteiger partial charge in [0.2, 0.25) is 0 Å². The van der Waals surface area contributed by atoms with E-state index in [-0.39, 0.29) is 24.3 Å². The number of hydrogen-bond donors (Lipinski definition) is 1. The molecule has 2 aromatic rings. The van der Waals surface area contributed by atoms with E-state index in [0.29, 0.717) is 17.2 Å². The maximum absolute atomic E-state index is 12.1. The summed E-state index contributed by atoms with van der Waals surface area (Å²) in [6, 6.07) is 10.8. The van der Waals surface area contributed by atoms with Crippen molar-refractivity contribution in [2.24, 2.45) is 5.92 Å². The molecule has 1 aromatic carbocycles. The molecule has 1 heterocycles. The van der Waals surface area contributed by atoms with Crippen LogP contribution in [0, 0.1) is 5.92 Å². The Morgan fingerprint density at radius 1 is 1.22 bits per heavy atom. The van der Waals surface area contributed by atoms with Crippen LogP contribution in [0.5, 0.6) is 5.75 Å². The van der Waals surface area contributed by atoms with Crippen LogP contribution in [-0.2, 0) is 4.79 Å². The minimum absolute atomic E-state index is 0.0188.